The Morgan fingerprint density at radius 2 is 2.30 bits per heavy atom. The number of nitrogens with one attached hydrogen (secondary N) is 1. The number of hydrogen-bond donors (Lipinski definition) is 2. The first kappa shape index (κ1) is 14.5. The van der Waals surface area contributed by atoms with Gasteiger partial charge in [-0.25, -0.2) is 9.67 Å². The molecule has 0 unspecified atom stereocenters. The minimum absolute atomic E-state index is 0.188. The number of hydrogen-bond acceptors (Lipinski definition) is 5. The maximum absolute atomic E-state index is 12.0. The normalized spacial score (nSPS) is 12.1. The van der Waals surface area contributed by atoms with Gasteiger partial charge in [0.1, 0.15) is 12.7 Å². The zero-order valence-electron chi connectivity index (χ0n) is 11.2. The van der Waals surface area contributed by atoms with Crippen molar-refractivity contribution in [3.05, 3.63) is 36.9 Å². The third kappa shape index (κ3) is 3.58. The average molecular weight is 291 g/mol. The van der Waals surface area contributed by atoms with Crippen molar-refractivity contribution in [2.45, 2.75) is 12.5 Å². The number of carbonyl (C=O) groups is 1. The van der Waals surface area contributed by atoms with Crippen molar-refractivity contribution in [1.82, 2.24) is 14.8 Å². The number of benzene rings is 1. The van der Waals surface area contributed by atoms with Crippen LogP contribution in [0.2, 0.25) is 0 Å². The highest BCUT2D eigenvalue weighted by atomic mass is 32.2. The molecule has 3 N–H and O–H groups in total. The highest BCUT2D eigenvalue weighted by Gasteiger charge is 2.15. The second-order valence-corrected chi connectivity index (χ2v) is 5.22. The first-order chi connectivity index (χ1) is 9.72. The molecular formula is C13H17N5OS. The van der Waals surface area contributed by atoms with E-state index in [9.17, 15) is 4.79 Å². The fourth-order valence-corrected chi connectivity index (χ4v) is 2.20. The second kappa shape index (κ2) is 7.06. The van der Waals surface area contributed by atoms with Gasteiger partial charge in [0.2, 0.25) is 5.91 Å². The lowest BCUT2D eigenvalue weighted by Crippen LogP contribution is -2.36. The Balaban J connectivity index is 2.12. The summed E-state index contributed by atoms with van der Waals surface area (Å²) >= 11 is 1.67. The van der Waals surface area contributed by atoms with Crippen LogP contribution in [0.1, 0.15) is 6.42 Å². The molecule has 2 aromatic rings. The largest absolute Gasteiger partial charge is 0.323 e. The SMILES string of the molecule is CSCC[C@@H](N)C(=O)Nc1ccccc1-n1cncn1. The topological polar surface area (TPSA) is 85.8 Å². The van der Waals surface area contributed by atoms with Crippen molar-refractivity contribution in [2.24, 2.45) is 5.73 Å². The van der Waals surface area contributed by atoms with Crippen LogP contribution in [0.15, 0.2) is 36.9 Å². The van der Waals surface area contributed by atoms with Gasteiger partial charge in [0.25, 0.3) is 0 Å². The highest BCUT2D eigenvalue weighted by Crippen LogP contribution is 2.18. The number of nitrogens with two attached hydrogens (primary N) is 1. The van der Waals surface area contributed by atoms with Crippen LogP contribution < -0.4 is 11.1 Å². The Kier molecular flexibility index (Phi) is 5.14. The fourth-order valence-electron chi connectivity index (χ4n) is 1.71. The van der Waals surface area contributed by atoms with Crippen LogP contribution in [0.25, 0.3) is 5.69 Å². The number of rotatable bonds is 6. The van der Waals surface area contributed by atoms with Gasteiger partial charge in [-0.2, -0.15) is 16.9 Å². The second-order valence-electron chi connectivity index (χ2n) is 4.23. The van der Waals surface area contributed by atoms with Crippen molar-refractivity contribution in [3.63, 3.8) is 0 Å². The van der Waals surface area contributed by atoms with Crippen molar-refractivity contribution in [3.8, 4) is 5.69 Å². The molecule has 0 aliphatic rings. The summed E-state index contributed by atoms with van der Waals surface area (Å²) in [7, 11) is 0. The fraction of sp³-hybridized carbons (Fsp3) is 0.308. The predicted molar refractivity (Wildman–Crippen MR) is 81.0 cm³/mol. The number of amides is 1. The molecule has 0 radical (unpaired) electrons. The Morgan fingerprint density at radius 1 is 1.50 bits per heavy atom. The zero-order chi connectivity index (χ0) is 14.4. The predicted octanol–water partition coefficient (Wildman–Crippen LogP) is 1.29. The number of thioether (sulfide) groups is 1. The van der Waals surface area contributed by atoms with Gasteiger partial charge >= 0.3 is 0 Å². The van der Waals surface area contributed by atoms with E-state index >= 15 is 0 Å². The third-order valence-electron chi connectivity index (χ3n) is 2.80. The number of anilines is 1. The smallest absolute Gasteiger partial charge is 0.241 e. The van der Waals surface area contributed by atoms with E-state index in [4.69, 9.17) is 5.73 Å². The van der Waals surface area contributed by atoms with Gasteiger partial charge in [-0.15, -0.1) is 0 Å². The molecule has 1 aromatic carbocycles. The molecule has 0 saturated heterocycles. The quantitative estimate of drug-likeness (QED) is 0.837. The lowest BCUT2D eigenvalue weighted by atomic mass is 10.2. The van der Waals surface area contributed by atoms with Gasteiger partial charge in [0, 0.05) is 0 Å². The Hall–Kier alpha value is -1.86. The number of para-hydroxylation sites is 2. The number of aromatic nitrogens is 3. The first-order valence-corrected chi connectivity index (χ1v) is 7.61. The molecule has 1 amide bonds. The summed E-state index contributed by atoms with van der Waals surface area (Å²) in [5.74, 6) is 0.672. The molecule has 2 rings (SSSR count). The highest BCUT2D eigenvalue weighted by molar-refractivity contribution is 7.98. The van der Waals surface area contributed by atoms with Crippen LogP contribution >= 0.6 is 11.8 Å². The van der Waals surface area contributed by atoms with Crippen LogP contribution in [0.3, 0.4) is 0 Å². The zero-order valence-corrected chi connectivity index (χ0v) is 12.0. The van der Waals surface area contributed by atoms with E-state index < -0.39 is 6.04 Å². The molecule has 0 fully saturated rings. The van der Waals surface area contributed by atoms with E-state index in [1.165, 1.54) is 6.33 Å². The van der Waals surface area contributed by atoms with E-state index in [2.05, 4.69) is 15.4 Å². The molecule has 0 aliphatic carbocycles. The van der Waals surface area contributed by atoms with Crippen LogP contribution in [-0.4, -0.2) is 38.7 Å². The Morgan fingerprint density at radius 3 is 3.00 bits per heavy atom. The molecule has 6 nitrogen and oxygen atoms in total. The summed E-state index contributed by atoms with van der Waals surface area (Å²) in [6.07, 6.45) is 5.67. The number of nitrogens with zero attached hydrogens (tertiary/aromatic N) is 3. The van der Waals surface area contributed by atoms with Gasteiger partial charge in [-0.3, -0.25) is 4.79 Å². The van der Waals surface area contributed by atoms with Crippen LogP contribution in [0.5, 0.6) is 0 Å². The van der Waals surface area contributed by atoms with Gasteiger partial charge < -0.3 is 11.1 Å². The molecule has 106 valence electrons. The Labute approximate surface area is 121 Å². The molecule has 0 spiro atoms. The van der Waals surface area contributed by atoms with Crippen molar-refractivity contribution < 1.29 is 4.79 Å². The van der Waals surface area contributed by atoms with Gasteiger partial charge in [-0.05, 0) is 30.6 Å². The Bertz CT molecular complexity index is 558. The molecule has 1 atom stereocenters. The standard InChI is InChI=1S/C13H17N5OS/c1-20-7-6-10(14)13(19)17-11-4-2-3-5-12(11)18-9-15-8-16-18/h2-5,8-10H,6-7,14H2,1H3,(H,17,19)/t10-/m1/s1. The summed E-state index contributed by atoms with van der Waals surface area (Å²) in [4.78, 5) is 16.0. The van der Waals surface area contributed by atoms with Crippen molar-refractivity contribution in [1.29, 1.82) is 0 Å². The lowest BCUT2D eigenvalue weighted by molar-refractivity contribution is -0.117. The monoisotopic (exact) mass is 291 g/mol. The molecule has 7 heteroatoms. The van der Waals surface area contributed by atoms with Crippen LogP contribution in [0.4, 0.5) is 5.69 Å². The summed E-state index contributed by atoms with van der Waals surface area (Å²) in [5, 5.41) is 6.91. The number of carbonyl (C=O) groups excluding carboxylic acids is 1. The summed E-state index contributed by atoms with van der Waals surface area (Å²) in [5.41, 5.74) is 7.29. The minimum Gasteiger partial charge on any atom is -0.323 e. The lowest BCUT2D eigenvalue weighted by Gasteiger charge is -2.14. The van der Waals surface area contributed by atoms with Gasteiger partial charge in [-0.1, -0.05) is 12.1 Å². The van der Waals surface area contributed by atoms with E-state index in [-0.39, 0.29) is 5.91 Å². The molecule has 0 saturated carbocycles. The molecule has 1 aromatic heterocycles. The first-order valence-electron chi connectivity index (χ1n) is 6.22. The maximum atomic E-state index is 12.0. The van der Waals surface area contributed by atoms with Crippen molar-refractivity contribution >= 4 is 23.4 Å². The van der Waals surface area contributed by atoms with E-state index in [0.717, 1.165) is 11.4 Å². The van der Waals surface area contributed by atoms with E-state index in [1.54, 1.807) is 22.8 Å². The molecule has 20 heavy (non-hydrogen) atoms. The van der Waals surface area contributed by atoms with E-state index in [0.29, 0.717) is 12.1 Å². The van der Waals surface area contributed by atoms with Crippen molar-refractivity contribution in [2.75, 3.05) is 17.3 Å². The molecule has 0 bridgehead atoms. The summed E-state index contributed by atoms with van der Waals surface area (Å²) < 4.78 is 1.60. The van der Waals surface area contributed by atoms with Gasteiger partial charge in [0.05, 0.1) is 17.4 Å². The molecule has 1 heterocycles. The summed E-state index contributed by atoms with van der Waals surface area (Å²) in [6.45, 7) is 0. The van der Waals surface area contributed by atoms with Crippen LogP contribution in [-0.2, 0) is 4.79 Å². The average Bonchev–Trinajstić information content (AvgIpc) is 2.99. The third-order valence-corrected chi connectivity index (χ3v) is 3.44. The maximum Gasteiger partial charge on any atom is 0.241 e. The summed E-state index contributed by atoms with van der Waals surface area (Å²) in [6, 6.07) is 6.89. The molecule has 0 aliphatic heterocycles. The van der Waals surface area contributed by atoms with E-state index in [1.807, 2.05) is 30.5 Å². The van der Waals surface area contributed by atoms with Crippen LogP contribution in [0, 0.1) is 0 Å². The molecular weight excluding hydrogens is 274 g/mol. The van der Waals surface area contributed by atoms with Gasteiger partial charge in [0.15, 0.2) is 0 Å². The minimum atomic E-state index is -0.508.